The van der Waals surface area contributed by atoms with Crippen LogP contribution in [-0.2, 0) is 16.8 Å². The maximum atomic E-state index is 6.00. The smallest absolute Gasteiger partial charge is 0.150 e. The van der Waals surface area contributed by atoms with Crippen LogP contribution in [0.1, 0.15) is 49.6 Å². The van der Waals surface area contributed by atoms with Crippen molar-refractivity contribution in [3.05, 3.63) is 52.8 Å². The van der Waals surface area contributed by atoms with Crippen molar-refractivity contribution in [2.75, 3.05) is 6.61 Å². The minimum absolute atomic E-state index is 0.0984. The Morgan fingerprint density at radius 3 is 2.74 bits per heavy atom. The van der Waals surface area contributed by atoms with E-state index in [0.29, 0.717) is 0 Å². The maximum Gasteiger partial charge on any atom is 0.150 e. The van der Waals surface area contributed by atoms with E-state index in [-0.39, 0.29) is 11.8 Å². The van der Waals surface area contributed by atoms with E-state index in [1.165, 1.54) is 30.5 Å². The molecular formula is C18H22ClN3O. The molecule has 1 N–H and O–H groups in total. The zero-order valence-corrected chi connectivity index (χ0v) is 13.9. The summed E-state index contributed by atoms with van der Waals surface area (Å²) in [7, 11) is 0. The first-order valence-electron chi connectivity index (χ1n) is 8.42. The molecule has 1 aromatic heterocycles. The van der Waals surface area contributed by atoms with Crippen molar-refractivity contribution in [2.45, 2.75) is 50.4 Å². The van der Waals surface area contributed by atoms with E-state index in [1.54, 1.807) is 0 Å². The fraction of sp³-hybridized carbons (Fsp3) is 0.500. The molecule has 0 bridgehead atoms. The molecule has 2 aromatic rings. The molecule has 1 aliphatic carbocycles. The van der Waals surface area contributed by atoms with Gasteiger partial charge in [-0.05, 0) is 55.9 Å². The third-order valence-electron chi connectivity index (χ3n) is 4.94. The van der Waals surface area contributed by atoms with E-state index < -0.39 is 0 Å². The SMILES string of the molecule is Clc1ccc(C2(NCc3ccnn3C3CCCCO3)CC2)cc1. The summed E-state index contributed by atoms with van der Waals surface area (Å²) in [6, 6.07) is 10.3. The average Bonchev–Trinajstić information content (AvgIpc) is 3.23. The van der Waals surface area contributed by atoms with Crippen LogP contribution >= 0.6 is 11.6 Å². The van der Waals surface area contributed by atoms with Crippen molar-refractivity contribution < 1.29 is 4.74 Å². The summed E-state index contributed by atoms with van der Waals surface area (Å²) in [4.78, 5) is 0. The first-order valence-corrected chi connectivity index (χ1v) is 8.80. The molecule has 2 heterocycles. The van der Waals surface area contributed by atoms with Crippen LogP contribution in [0.3, 0.4) is 0 Å². The van der Waals surface area contributed by atoms with E-state index in [4.69, 9.17) is 16.3 Å². The van der Waals surface area contributed by atoms with Crippen LogP contribution in [0.15, 0.2) is 36.5 Å². The first kappa shape index (κ1) is 15.2. The number of benzene rings is 1. The standard InChI is InChI=1S/C18H22ClN3O/c19-15-6-4-14(5-7-15)18(9-10-18)20-13-16-8-11-21-22(16)17-3-1-2-12-23-17/h4-8,11,17,20H,1-3,9-10,12-13H2. The van der Waals surface area contributed by atoms with Crippen molar-refractivity contribution >= 4 is 11.6 Å². The number of nitrogens with zero attached hydrogens (tertiary/aromatic N) is 2. The number of hydrogen-bond donors (Lipinski definition) is 1. The van der Waals surface area contributed by atoms with E-state index in [0.717, 1.165) is 31.0 Å². The summed E-state index contributed by atoms with van der Waals surface area (Å²) in [5, 5.41) is 9.00. The van der Waals surface area contributed by atoms with Crippen LogP contribution in [0, 0.1) is 0 Å². The van der Waals surface area contributed by atoms with Crippen LogP contribution in [0.25, 0.3) is 0 Å². The van der Waals surface area contributed by atoms with Crippen LogP contribution in [0.2, 0.25) is 5.02 Å². The van der Waals surface area contributed by atoms with Crippen molar-refractivity contribution in [2.24, 2.45) is 0 Å². The highest BCUT2D eigenvalue weighted by Crippen LogP contribution is 2.46. The molecule has 1 unspecified atom stereocenters. The second kappa shape index (κ2) is 6.27. The van der Waals surface area contributed by atoms with Gasteiger partial charge in [-0.25, -0.2) is 4.68 Å². The molecule has 0 amide bonds. The van der Waals surface area contributed by atoms with E-state index in [2.05, 4.69) is 28.6 Å². The largest absolute Gasteiger partial charge is 0.357 e. The fourth-order valence-corrected chi connectivity index (χ4v) is 3.50. The van der Waals surface area contributed by atoms with Gasteiger partial charge < -0.3 is 10.1 Å². The lowest BCUT2D eigenvalue weighted by atomic mass is 10.0. The van der Waals surface area contributed by atoms with Gasteiger partial charge in [0.15, 0.2) is 6.23 Å². The summed E-state index contributed by atoms with van der Waals surface area (Å²) < 4.78 is 7.91. The maximum absolute atomic E-state index is 6.00. The van der Waals surface area contributed by atoms with Gasteiger partial charge in [-0.3, -0.25) is 0 Å². The molecule has 1 atom stereocenters. The molecule has 1 aromatic carbocycles. The van der Waals surface area contributed by atoms with Gasteiger partial charge >= 0.3 is 0 Å². The second-order valence-corrected chi connectivity index (χ2v) is 6.97. The highest BCUT2D eigenvalue weighted by molar-refractivity contribution is 6.30. The Labute approximate surface area is 141 Å². The first-order chi connectivity index (χ1) is 11.3. The van der Waals surface area contributed by atoms with Gasteiger partial charge in [0.25, 0.3) is 0 Å². The number of halogens is 1. The normalized spacial score (nSPS) is 22.9. The average molecular weight is 332 g/mol. The Balaban J connectivity index is 1.45. The predicted octanol–water partition coefficient (Wildman–Crippen LogP) is 4.01. The summed E-state index contributed by atoms with van der Waals surface area (Å²) in [6.45, 7) is 1.65. The molecule has 0 spiro atoms. The van der Waals surface area contributed by atoms with Crippen molar-refractivity contribution in [1.29, 1.82) is 0 Å². The van der Waals surface area contributed by atoms with Crippen LogP contribution in [-0.4, -0.2) is 16.4 Å². The minimum atomic E-state index is 0.0984. The minimum Gasteiger partial charge on any atom is -0.357 e. The van der Waals surface area contributed by atoms with Crippen LogP contribution < -0.4 is 5.32 Å². The van der Waals surface area contributed by atoms with Crippen molar-refractivity contribution in [3.63, 3.8) is 0 Å². The summed E-state index contributed by atoms with van der Waals surface area (Å²) in [5.74, 6) is 0. The molecule has 5 heteroatoms. The predicted molar refractivity (Wildman–Crippen MR) is 90.3 cm³/mol. The number of nitrogens with one attached hydrogen (secondary N) is 1. The molecule has 4 nitrogen and oxygen atoms in total. The molecule has 2 aliphatic rings. The number of ether oxygens (including phenoxy) is 1. The third-order valence-corrected chi connectivity index (χ3v) is 5.19. The highest BCUT2D eigenvalue weighted by atomic mass is 35.5. The summed E-state index contributed by atoms with van der Waals surface area (Å²) in [6.07, 6.45) is 7.73. The summed E-state index contributed by atoms with van der Waals surface area (Å²) >= 11 is 6.00. The quantitative estimate of drug-likeness (QED) is 0.899. The fourth-order valence-electron chi connectivity index (χ4n) is 3.38. The van der Waals surface area contributed by atoms with Crippen LogP contribution in [0.4, 0.5) is 0 Å². The van der Waals surface area contributed by atoms with Gasteiger partial charge in [-0.1, -0.05) is 23.7 Å². The van der Waals surface area contributed by atoms with Gasteiger partial charge in [0.1, 0.15) is 0 Å². The summed E-state index contributed by atoms with van der Waals surface area (Å²) in [5.41, 5.74) is 2.62. The number of hydrogen-bond acceptors (Lipinski definition) is 3. The lowest BCUT2D eigenvalue weighted by Gasteiger charge is -2.25. The Hall–Kier alpha value is -1.36. The Bertz CT molecular complexity index is 657. The highest BCUT2D eigenvalue weighted by Gasteiger charge is 2.43. The zero-order valence-electron chi connectivity index (χ0n) is 13.2. The van der Waals surface area contributed by atoms with Gasteiger partial charge in [-0.2, -0.15) is 5.10 Å². The molecule has 4 rings (SSSR count). The van der Waals surface area contributed by atoms with Crippen molar-refractivity contribution in [1.82, 2.24) is 15.1 Å². The number of aromatic nitrogens is 2. The molecule has 0 radical (unpaired) electrons. The van der Waals surface area contributed by atoms with E-state index >= 15 is 0 Å². The molecule has 23 heavy (non-hydrogen) atoms. The second-order valence-electron chi connectivity index (χ2n) is 6.53. The topological polar surface area (TPSA) is 39.1 Å². The van der Waals surface area contributed by atoms with Crippen LogP contribution in [0.5, 0.6) is 0 Å². The molecule has 1 saturated carbocycles. The molecule has 1 aliphatic heterocycles. The molecule has 1 saturated heterocycles. The van der Waals surface area contributed by atoms with E-state index in [1.807, 2.05) is 23.0 Å². The van der Waals surface area contributed by atoms with Crippen molar-refractivity contribution in [3.8, 4) is 0 Å². The number of rotatable bonds is 5. The third kappa shape index (κ3) is 3.16. The monoisotopic (exact) mass is 331 g/mol. The van der Waals surface area contributed by atoms with E-state index in [9.17, 15) is 0 Å². The lowest BCUT2D eigenvalue weighted by molar-refractivity contribution is -0.0413. The Kier molecular flexibility index (Phi) is 4.14. The molecule has 2 fully saturated rings. The van der Waals surface area contributed by atoms with Gasteiger partial charge in [0, 0.05) is 29.9 Å². The van der Waals surface area contributed by atoms with Gasteiger partial charge in [-0.15, -0.1) is 0 Å². The Morgan fingerprint density at radius 2 is 2.04 bits per heavy atom. The molecular weight excluding hydrogens is 310 g/mol. The van der Waals surface area contributed by atoms with Gasteiger partial charge in [0.05, 0.1) is 5.69 Å². The Morgan fingerprint density at radius 1 is 1.22 bits per heavy atom. The zero-order chi connectivity index (χ0) is 15.7. The molecule has 122 valence electrons. The lowest BCUT2D eigenvalue weighted by Crippen LogP contribution is -2.30. The van der Waals surface area contributed by atoms with Gasteiger partial charge in [0.2, 0.25) is 0 Å².